The molecule has 0 spiro atoms. The molecule has 2 aromatic rings. The van der Waals surface area contributed by atoms with E-state index in [0.717, 1.165) is 16.2 Å². The van der Waals surface area contributed by atoms with Crippen molar-refractivity contribution in [2.75, 3.05) is 18.9 Å². The average molecular weight is 328 g/mol. The quantitative estimate of drug-likeness (QED) is 0.846. The number of hydrogen-bond acceptors (Lipinski definition) is 6. The minimum absolute atomic E-state index is 0.209. The van der Waals surface area contributed by atoms with Gasteiger partial charge < -0.3 is 15.2 Å². The molecule has 8 heteroatoms. The summed E-state index contributed by atoms with van der Waals surface area (Å²) in [7, 11) is -0.674. The number of rotatable bonds is 6. The molecule has 0 radical (unpaired) electrons. The molecule has 0 amide bonds. The van der Waals surface area contributed by atoms with Crippen LogP contribution >= 0.6 is 11.3 Å². The number of nitrogens with one attached hydrogen (secondary N) is 1. The summed E-state index contributed by atoms with van der Waals surface area (Å²) in [5.41, 5.74) is 5.85. The summed E-state index contributed by atoms with van der Waals surface area (Å²) < 4.78 is 37.6. The molecule has 0 aliphatic rings. The maximum atomic E-state index is 12.3. The first kappa shape index (κ1) is 15.6. The van der Waals surface area contributed by atoms with Gasteiger partial charge in [-0.05, 0) is 24.3 Å². The number of methoxy groups -OCH3 is 2. The van der Waals surface area contributed by atoms with Crippen LogP contribution in [0.4, 0.5) is 5.69 Å². The Morgan fingerprint density at radius 2 is 1.95 bits per heavy atom. The predicted molar refractivity (Wildman–Crippen MR) is 82.6 cm³/mol. The van der Waals surface area contributed by atoms with Crippen LogP contribution in [0.1, 0.15) is 4.88 Å². The molecule has 1 aromatic carbocycles. The highest BCUT2D eigenvalue weighted by molar-refractivity contribution is 7.94. The van der Waals surface area contributed by atoms with Gasteiger partial charge in [0.15, 0.2) is 0 Å². The van der Waals surface area contributed by atoms with Crippen molar-refractivity contribution in [3.63, 3.8) is 0 Å². The van der Waals surface area contributed by atoms with Crippen LogP contribution in [-0.2, 0) is 16.6 Å². The van der Waals surface area contributed by atoms with E-state index >= 15 is 0 Å². The van der Waals surface area contributed by atoms with E-state index in [0.29, 0.717) is 23.7 Å². The third kappa shape index (κ3) is 3.46. The van der Waals surface area contributed by atoms with Crippen LogP contribution in [-0.4, -0.2) is 22.6 Å². The van der Waals surface area contributed by atoms with E-state index in [-0.39, 0.29) is 4.21 Å². The van der Waals surface area contributed by atoms with Gasteiger partial charge >= 0.3 is 0 Å². The number of nitrogens with two attached hydrogens (primary N) is 1. The lowest BCUT2D eigenvalue weighted by molar-refractivity contribution is 0.395. The van der Waals surface area contributed by atoms with Crippen molar-refractivity contribution < 1.29 is 17.9 Å². The smallest absolute Gasteiger partial charge is 0.271 e. The number of thiophene rings is 1. The lowest BCUT2D eigenvalue weighted by Gasteiger charge is -2.12. The second kappa shape index (κ2) is 6.33. The van der Waals surface area contributed by atoms with Crippen LogP contribution in [0.3, 0.4) is 0 Å². The monoisotopic (exact) mass is 328 g/mol. The fourth-order valence-corrected chi connectivity index (χ4v) is 4.00. The molecule has 3 N–H and O–H groups in total. The molecule has 21 heavy (non-hydrogen) atoms. The number of sulfonamides is 1. The molecular weight excluding hydrogens is 312 g/mol. The number of anilines is 1. The normalized spacial score (nSPS) is 11.2. The summed E-state index contributed by atoms with van der Waals surface area (Å²) in [6.45, 7) is 0.312. The lowest BCUT2D eigenvalue weighted by Crippen LogP contribution is -2.12. The molecule has 1 aromatic heterocycles. The van der Waals surface area contributed by atoms with Crippen molar-refractivity contribution in [1.29, 1.82) is 0 Å². The predicted octanol–water partition coefficient (Wildman–Crippen LogP) is 2.02. The average Bonchev–Trinajstić information content (AvgIpc) is 2.97. The molecule has 0 fully saturated rings. The molecule has 0 saturated heterocycles. The molecule has 0 unspecified atom stereocenters. The molecule has 0 atom stereocenters. The molecular formula is C13H16N2O4S2. The zero-order valence-electron chi connectivity index (χ0n) is 11.6. The first-order valence-electron chi connectivity index (χ1n) is 6.04. The minimum atomic E-state index is -3.66. The molecule has 0 aliphatic carbocycles. The van der Waals surface area contributed by atoms with Gasteiger partial charge in [0.1, 0.15) is 15.7 Å². The standard InChI is InChI=1S/C13H16N2O4S2/c1-18-9-3-5-11(12(7-9)19-2)15-21(16,17)13-6-4-10(8-14)20-13/h3-7,15H,8,14H2,1-2H3. The van der Waals surface area contributed by atoms with Gasteiger partial charge in [-0.1, -0.05) is 0 Å². The number of benzene rings is 1. The van der Waals surface area contributed by atoms with Crippen molar-refractivity contribution in [2.24, 2.45) is 5.73 Å². The van der Waals surface area contributed by atoms with E-state index < -0.39 is 10.0 Å². The van der Waals surface area contributed by atoms with Crippen LogP contribution in [0.15, 0.2) is 34.5 Å². The Hall–Kier alpha value is -1.77. The van der Waals surface area contributed by atoms with Gasteiger partial charge in [-0.15, -0.1) is 11.3 Å². The summed E-state index contributed by atoms with van der Waals surface area (Å²) in [5, 5.41) is 0. The summed E-state index contributed by atoms with van der Waals surface area (Å²) in [6.07, 6.45) is 0. The highest BCUT2D eigenvalue weighted by atomic mass is 32.2. The molecule has 0 bridgehead atoms. The fraction of sp³-hybridized carbons (Fsp3) is 0.231. The van der Waals surface area contributed by atoms with Gasteiger partial charge in [0.25, 0.3) is 10.0 Å². The maximum Gasteiger partial charge on any atom is 0.271 e. The van der Waals surface area contributed by atoms with Crippen LogP contribution < -0.4 is 19.9 Å². The Labute approximate surface area is 127 Å². The van der Waals surface area contributed by atoms with Crippen LogP contribution in [0.2, 0.25) is 0 Å². The maximum absolute atomic E-state index is 12.3. The topological polar surface area (TPSA) is 90.7 Å². The van der Waals surface area contributed by atoms with E-state index in [4.69, 9.17) is 15.2 Å². The fourth-order valence-electron chi connectivity index (χ4n) is 1.69. The Morgan fingerprint density at radius 1 is 1.19 bits per heavy atom. The first-order valence-corrected chi connectivity index (χ1v) is 8.33. The third-order valence-electron chi connectivity index (χ3n) is 2.76. The van der Waals surface area contributed by atoms with Crippen LogP contribution in [0.5, 0.6) is 11.5 Å². The Morgan fingerprint density at radius 3 is 2.52 bits per heavy atom. The van der Waals surface area contributed by atoms with E-state index in [2.05, 4.69) is 4.72 Å². The van der Waals surface area contributed by atoms with Crippen molar-refractivity contribution in [1.82, 2.24) is 0 Å². The molecule has 1 heterocycles. The van der Waals surface area contributed by atoms with Crippen molar-refractivity contribution in [2.45, 2.75) is 10.8 Å². The van der Waals surface area contributed by atoms with E-state index in [1.807, 2.05) is 0 Å². The summed E-state index contributed by atoms with van der Waals surface area (Å²) in [4.78, 5) is 0.803. The van der Waals surface area contributed by atoms with Crippen molar-refractivity contribution >= 4 is 27.0 Å². The van der Waals surface area contributed by atoms with Gasteiger partial charge in [-0.25, -0.2) is 8.42 Å². The molecule has 0 aliphatic heterocycles. The van der Waals surface area contributed by atoms with Crippen LogP contribution in [0.25, 0.3) is 0 Å². The van der Waals surface area contributed by atoms with Gasteiger partial charge in [0, 0.05) is 17.5 Å². The largest absolute Gasteiger partial charge is 0.497 e. The van der Waals surface area contributed by atoms with E-state index in [9.17, 15) is 8.42 Å². The van der Waals surface area contributed by atoms with E-state index in [1.54, 1.807) is 24.3 Å². The third-order valence-corrected chi connectivity index (χ3v) is 5.72. The Kier molecular flexibility index (Phi) is 4.71. The highest BCUT2D eigenvalue weighted by Crippen LogP contribution is 2.32. The van der Waals surface area contributed by atoms with Gasteiger partial charge in [0.2, 0.25) is 0 Å². The summed E-state index contributed by atoms with van der Waals surface area (Å²) in [5.74, 6) is 0.963. The first-order chi connectivity index (χ1) is 10.00. The molecule has 114 valence electrons. The van der Waals surface area contributed by atoms with Crippen LogP contribution in [0, 0.1) is 0 Å². The zero-order valence-corrected chi connectivity index (χ0v) is 13.3. The SMILES string of the molecule is COc1ccc(NS(=O)(=O)c2ccc(CN)s2)c(OC)c1. The number of ether oxygens (including phenoxy) is 2. The van der Waals surface area contributed by atoms with Crippen molar-refractivity contribution in [3.05, 3.63) is 35.2 Å². The Bertz CT molecular complexity index is 726. The molecule has 6 nitrogen and oxygen atoms in total. The van der Waals surface area contributed by atoms with Gasteiger partial charge in [-0.3, -0.25) is 4.72 Å². The number of hydrogen-bond donors (Lipinski definition) is 2. The van der Waals surface area contributed by atoms with E-state index in [1.165, 1.54) is 20.3 Å². The molecule has 0 saturated carbocycles. The van der Waals surface area contributed by atoms with Gasteiger partial charge in [0.05, 0.1) is 19.9 Å². The zero-order chi connectivity index (χ0) is 15.5. The second-order valence-corrected chi connectivity index (χ2v) is 7.17. The van der Waals surface area contributed by atoms with Gasteiger partial charge in [-0.2, -0.15) is 0 Å². The summed E-state index contributed by atoms with van der Waals surface area (Å²) >= 11 is 1.14. The Balaban J connectivity index is 2.32. The van der Waals surface area contributed by atoms with Crippen molar-refractivity contribution in [3.8, 4) is 11.5 Å². The lowest BCUT2D eigenvalue weighted by atomic mass is 10.3. The highest BCUT2D eigenvalue weighted by Gasteiger charge is 2.19. The second-order valence-electron chi connectivity index (χ2n) is 4.10. The summed E-state index contributed by atoms with van der Waals surface area (Å²) in [6, 6.07) is 8.08. The molecule has 2 rings (SSSR count). The minimum Gasteiger partial charge on any atom is -0.497 e.